The molecule has 1 aliphatic carbocycles. The molecule has 0 saturated carbocycles. The molecule has 4 N–H and O–H groups in total. The summed E-state index contributed by atoms with van der Waals surface area (Å²) in [6.45, 7) is 12.3. The predicted molar refractivity (Wildman–Crippen MR) is 160 cm³/mol. The van der Waals surface area contributed by atoms with Crippen LogP contribution in [0.4, 0.5) is 31.5 Å². The molecule has 0 bridgehead atoms. The van der Waals surface area contributed by atoms with Crippen molar-refractivity contribution < 1.29 is 28.6 Å². The lowest BCUT2D eigenvalue weighted by Gasteiger charge is -2.25. The van der Waals surface area contributed by atoms with Gasteiger partial charge in [0.1, 0.15) is 22.9 Å². The van der Waals surface area contributed by atoms with Crippen LogP contribution in [0.25, 0.3) is 0 Å². The highest BCUT2D eigenvalue weighted by Crippen LogP contribution is 2.45. The van der Waals surface area contributed by atoms with Crippen LogP contribution in [-0.4, -0.2) is 21.8 Å². The molecule has 0 fully saturated rings. The van der Waals surface area contributed by atoms with E-state index in [1.165, 1.54) is 0 Å². The van der Waals surface area contributed by atoms with E-state index in [1.54, 1.807) is 24.3 Å². The van der Waals surface area contributed by atoms with Gasteiger partial charge in [-0.3, -0.25) is 9.59 Å². The van der Waals surface area contributed by atoms with Crippen LogP contribution in [0.15, 0.2) is 60.7 Å². The average molecular weight is 571 g/mol. The first-order valence-electron chi connectivity index (χ1n) is 13.5. The number of anilines is 4. The molecule has 4 aromatic rings. The summed E-state index contributed by atoms with van der Waals surface area (Å²) >= 11 is 0. The van der Waals surface area contributed by atoms with Crippen LogP contribution in [0.3, 0.4) is 0 Å². The number of aromatic hydroxyl groups is 2. The Kier molecular flexibility index (Phi) is 6.84. The Morgan fingerprint density at radius 2 is 0.833 bits per heavy atom. The Labute approximate surface area is 243 Å². The van der Waals surface area contributed by atoms with Crippen LogP contribution in [0.5, 0.6) is 11.5 Å². The van der Waals surface area contributed by atoms with E-state index in [2.05, 4.69) is 52.2 Å². The number of benzene rings is 4. The van der Waals surface area contributed by atoms with Gasteiger partial charge in [-0.15, -0.1) is 0 Å². The van der Waals surface area contributed by atoms with Crippen molar-refractivity contribution in [3.05, 3.63) is 106 Å². The van der Waals surface area contributed by atoms with Gasteiger partial charge in [0.2, 0.25) is 11.6 Å². The van der Waals surface area contributed by atoms with Crippen molar-refractivity contribution in [3.8, 4) is 11.5 Å². The molecule has 4 aromatic carbocycles. The number of carbonyl (C=O) groups is 2. The molecule has 5 rings (SSSR count). The van der Waals surface area contributed by atoms with E-state index >= 15 is 8.78 Å². The molecule has 0 heterocycles. The third-order valence-corrected chi connectivity index (χ3v) is 7.49. The SMILES string of the molecule is CC(C)(C)c1ccc(Nc2c(F)c3c(c(F)c2Nc2ccc(C(C)(C)C)cc2)C(=O)c2c(O)ccc(O)c2C3=O)cc1. The first kappa shape index (κ1) is 28.8. The Morgan fingerprint density at radius 3 is 1.12 bits per heavy atom. The second-order valence-electron chi connectivity index (χ2n) is 12.5. The molecule has 0 radical (unpaired) electrons. The van der Waals surface area contributed by atoms with E-state index in [1.807, 2.05) is 24.3 Å². The number of fused-ring (bicyclic) bond motifs is 2. The maximum atomic E-state index is 16.4. The topological polar surface area (TPSA) is 98.7 Å². The molecule has 216 valence electrons. The molecule has 6 nitrogen and oxygen atoms in total. The number of phenolic OH excluding ortho intramolecular Hbond substituents is 2. The van der Waals surface area contributed by atoms with E-state index in [9.17, 15) is 19.8 Å². The molecule has 0 saturated heterocycles. The van der Waals surface area contributed by atoms with E-state index < -0.39 is 57.0 Å². The number of hydrogen-bond donors (Lipinski definition) is 4. The first-order valence-corrected chi connectivity index (χ1v) is 13.5. The summed E-state index contributed by atoms with van der Waals surface area (Å²) < 4.78 is 32.9. The van der Waals surface area contributed by atoms with Gasteiger partial charge in [-0.05, 0) is 58.4 Å². The monoisotopic (exact) mass is 570 g/mol. The highest BCUT2D eigenvalue weighted by molar-refractivity contribution is 6.31. The van der Waals surface area contributed by atoms with Gasteiger partial charge in [-0.1, -0.05) is 65.8 Å². The maximum Gasteiger partial charge on any atom is 0.201 e. The summed E-state index contributed by atoms with van der Waals surface area (Å²) in [6, 6.07) is 16.3. The smallest absolute Gasteiger partial charge is 0.201 e. The number of ketones is 2. The first-order chi connectivity index (χ1) is 19.6. The van der Waals surface area contributed by atoms with Gasteiger partial charge < -0.3 is 20.8 Å². The lowest BCUT2D eigenvalue weighted by Crippen LogP contribution is -2.26. The van der Waals surface area contributed by atoms with Gasteiger partial charge >= 0.3 is 0 Å². The van der Waals surface area contributed by atoms with Gasteiger partial charge in [-0.2, -0.15) is 0 Å². The molecule has 1 aliphatic rings. The fourth-order valence-electron chi connectivity index (χ4n) is 5.04. The van der Waals surface area contributed by atoms with E-state index in [-0.39, 0.29) is 22.2 Å². The van der Waals surface area contributed by atoms with Crippen LogP contribution < -0.4 is 10.6 Å². The van der Waals surface area contributed by atoms with Gasteiger partial charge in [0.15, 0.2) is 11.6 Å². The molecule has 0 aromatic heterocycles. The zero-order chi connectivity index (χ0) is 30.7. The van der Waals surface area contributed by atoms with E-state index in [0.29, 0.717) is 11.4 Å². The van der Waals surface area contributed by atoms with Crippen molar-refractivity contribution in [3.63, 3.8) is 0 Å². The lowest BCUT2D eigenvalue weighted by molar-refractivity contribution is 0.0967. The number of phenols is 2. The van der Waals surface area contributed by atoms with Crippen molar-refractivity contribution in [1.29, 1.82) is 0 Å². The van der Waals surface area contributed by atoms with Gasteiger partial charge in [0, 0.05) is 11.4 Å². The van der Waals surface area contributed by atoms with Crippen LogP contribution in [0.1, 0.15) is 84.5 Å². The van der Waals surface area contributed by atoms with E-state index in [4.69, 9.17) is 0 Å². The predicted octanol–water partition coefficient (Wildman–Crippen LogP) is 8.23. The molecule has 8 heteroatoms. The quantitative estimate of drug-likeness (QED) is 0.163. The third-order valence-electron chi connectivity index (χ3n) is 7.49. The molecule has 42 heavy (non-hydrogen) atoms. The zero-order valence-electron chi connectivity index (χ0n) is 24.2. The lowest BCUT2D eigenvalue weighted by atomic mass is 9.81. The van der Waals surface area contributed by atoms with Gasteiger partial charge in [0.25, 0.3) is 0 Å². The molecular weight excluding hydrogens is 538 g/mol. The minimum Gasteiger partial charge on any atom is -0.507 e. The number of carbonyl (C=O) groups excluding carboxylic acids is 2. The van der Waals surface area contributed by atoms with Crippen molar-refractivity contribution in [1.82, 2.24) is 0 Å². The summed E-state index contributed by atoms with van der Waals surface area (Å²) in [5, 5.41) is 26.5. The van der Waals surface area contributed by atoms with Crippen molar-refractivity contribution in [2.45, 2.75) is 52.4 Å². The molecule has 0 spiro atoms. The normalized spacial score (nSPS) is 13.0. The van der Waals surface area contributed by atoms with Crippen molar-refractivity contribution in [2.75, 3.05) is 10.6 Å². The molecule has 0 aliphatic heterocycles. The Bertz CT molecular complexity index is 1620. The summed E-state index contributed by atoms with van der Waals surface area (Å²) in [6.07, 6.45) is 0. The standard InChI is InChI=1S/C34H32F2N2O4/c1-33(2,3)17-7-11-19(12-8-17)37-29-27(35)25-26(32(42)24-22(40)16-15-21(39)23(24)31(25)41)28(36)30(29)38-20-13-9-18(10-14-20)34(4,5)6/h7-16,37-40H,1-6H3. The number of rotatable bonds is 4. The summed E-state index contributed by atoms with van der Waals surface area (Å²) in [5.74, 6) is -5.83. The number of hydrogen-bond acceptors (Lipinski definition) is 6. The highest BCUT2D eigenvalue weighted by Gasteiger charge is 2.41. The highest BCUT2D eigenvalue weighted by atomic mass is 19.1. The minimum atomic E-state index is -1.17. The Balaban J connectivity index is 1.70. The summed E-state index contributed by atoms with van der Waals surface area (Å²) in [7, 11) is 0. The van der Waals surface area contributed by atoms with Crippen LogP contribution in [-0.2, 0) is 10.8 Å². The molecular formula is C34H32F2N2O4. The molecule has 0 atom stereocenters. The Hall–Kier alpha value is -4.72. The Morgan fingerprint density at radius 1 is 0.524 bits per heavy atom. The summed E-state index contributed by atoms with van der Waals surface area (Å²) in [5.41, 5.74) is -0.979. The fourth-order valence-corrected chi connectivity index (χ4v) is 5.04. The van der Waals surface area contributed by atoms with Gasteiger partial charge in [-0.25, -0.2) is 8.78 Å². The second kappa shape index (κ2) is 9.98. The second-order valence-corrected chi connectivity index (χ2v) is 12.5. The average Bonchev–Trinajstić information content (AvgIpc) is 2.92. The summed E-state index contributed by atoms with van der Waals surface area (Å²) in [4.78, 5) is 27.0. The van der Waals surface area contributed by atoms with Crippen LogP contribution in [0, 0.1) is 11.6 Å². The van der Waals surface area contributed by atoms with Gasteiger partial charge in [0.05, 0.1) is 22.3 Å². The minimum absolute atomic E-state index is 0.138. The zero-order valence-corrected chi connectivity index (χ0v) is 24.2. The molecule has 0 amide bonds. The number of nitrogens with one attached hydrogen (secondary N) is 2. The van der Waals surface area contributed by atoms with Crippen LogP contribution >= 0.6 is 0 Å². The van der Waals surface area contributed by atoms with E-state index in [0.717, 1.165) is 23.3 Å². The van der Waals surface area contributed by atoms with Crippen molar-refractivity contribution >= 4 is 34.3 Å². The fraction of sp³-hybridized carbons (Fsp3) is 0.235. The van der Waals surface area contributed by atoms with Crippen LogP contribution in [0.2, 0.25) is 0 Å². The molecule has 0 unspecified atom stereocenters. The van der Waals surface area contributed by atoms with Crippen molar-refractivity contribution in [2.24, 2.45) is 0 Å². The third kappa shape index (κ3) is 4.87. The number of halogens is 2. The largest absolute Gasteiger partial charge is 0.507 e. The maximum absolute atomic E-state index is 16.4.